The number of methoxy groups -OCH3 is 1. The number of fused-ring (bicyclic) bond motifs is 1. The third kappa shape index (κ3) is 2.94. The Hall–Kier alpha value is -2.34. The molecule has 2 aromatic rings. The Morgan fingerprint density at radius 2 is 2.00 bits per heavy atom. The Kier molecular flexibility index (Phi) is 4.34. The highest BCUT2D eigenvalue weighted by molar-refractivity contribution is 5.89. The summed E-state index contributed by atoms with van der Waals surface area (Å²) in [5, 5.41) is 10.7. The molecule has 23 heavy (non-hydrogen) atoms. The molecule has 1 aromatic carbocycles. The van der Waals surface area contributed by atoms with E-state index in [1.165, 1.54) is 7.11 Å². The van der Waals surface area contributed by atoms with Crippen molar-refractivity contribution in [2.75, 3.05) is 20.2 Å². The van der Waals surface area contributed by atoms with Gasteiger partial charge in [0.25, 0.3) is 0 Å². The molecule has 0 aliphatic carbocycles. The van der Waals surface area contributed by atoms with E-state index in [1.54, 1.807) is 6.20 Å². The summed E-state index contributed by atoms with van der Waals surface area (Å²) in [5.41, 5.74) is 1.70. The fourth-order valence-electron chi connectivity index (χ4n) is 3.37. The summed E-state index contributed by atoms with van der Waals surface area (Å²) in [7, 11) is 1.39. The number of carbonyl (C=O) groups is 2. The van der Waals surface area contributed by atoms with Crippen LogP contribution in [-0.2, 0) is 14.3 Å². The second-order valence-electron chi connectivity index (χ2n) is 5.86. The minimum absolute atomic E-state index is 0.131. The Labute approximate surface area is 134 Å². The molecule has 3 rings (SSSR count). The van der Waals surface area contributed by atoms with Gasteiger partial charge >= 0.3 is 11.9 Å². The summed E-state index contributed by atoms with van der Waals surface area (Å²) in [6, 6.07) is 6.98. The van der Waals surface area contributed by atoms with Crippen molar-refractivity contribution in [2.24, 2.45) is 5.92 Å². The zero-order valence-corrected chi connectivity index (χ0v) is 13.0. The average molecular weight is 316 g/mol. The molecular weight excluding hydrogens is 296 g/mol. The second-order valence-corrected chi connectivity index (χ2v) is 5.86. The summed E-state index contributed by atoms with van der Waals surface area (Å²) in [5.74, 6) is -1.21. The van der Waals surface area contributed by atoms with Crippen LogP contribution in [0.25, 0.3) is 10.9 Å². The maximum absolute atomic E-state index is 11.9. The predicted octanol–water partition coefficient (Wildman–Crippen LogP) is 2.18. The number of rotatable bonds is 4. The molecule has 0 saturated carbocycles. The molecule has 2 heterocycles. The molecule has 1 saturated heterocycles. The van der Waals surface area contributed by atoms with E-state index in [1.807, 2.05) is 29.2 Å². The molecule has 0 amide bonds. The van der Waals surface area contributed by atoms with Crippen LogP contribution in [0.5, 0.6) is 0 Å². The maximum atomic E-state index is 11.9. The molecule has 1 aliphatic rings. The third-order valence-electron chi connectivity index (χ3n) is 4.58. The quantitative estimate of drug-likeness (QED) is 0.845. The number of carboxylic acids is 1. The third-order valence-corrected chi connectivity index (χ3v) is 4.58. The number of esters is 1. The van der Waals surface area contributed by atoms with Crippen molar-refractivity contribution in [3.63, 3.8) is 0 Å². The summed E-state index contributed by atoms with van der Waals surface area (Å²) in [6.45, 7) is 1.13. The van der Waals surface area contributed by atoms with Crippen molar-refractivity contribution in [1.29, 1.82) is 0 Å². The van der Waals surface area contributed by atoms with Crippen LogP contribution >= 0.6 is 0 Å². The Bertz CT molecular complexity index is 716. The lowest BCUT2D eigenvalue weighted by Crippen LogP contribution is -2.41. The topological polar surface area (TPSA) is 82.6 Å². The van der Waals surface area contributed by atoms with Gasteiger partial charge in [-0.15, -0.1) is 0 Å². The number of para-hydroxylation sites is 1. The van der Waals surface area contributed by atoms with Gasteiger partial charge in [-0.3, -0.25) is 14.5 Å². The molecule has 6 nitrogen and oxygen atoms in total. The number of H-pyrrole nitrogens is 1. The van der Waals surface area contributed by atoms with Crippen molar-refractivity contribution in [2.45, 2.75) is 18.9 Å². The van der Waals surface area contributed by atoms with Crippen LogP contribution in [0.1, 0.15) is 24.4 Å². The second kappa shape index (κ2) is 6.42. The zero-order valence-electron chi connectivity index (χ0n) is 13.0. The van der Waals surface area contributed by atoms with E-state index in [0.717, 1.165) is 16.5 Å². The first-order valence-electron chi connectivity index (χ1n) is 7.72. The van der Waals surface area contributed by atoms with Crippen molar-refractivity contribution >= 4 is 22.8 Å². The van der Waals surface area contributed by atoms with E-state index in [0.29, 0.717) is 25.9 Å². The summed E-state index contributed by atoms with van der Waals surface area (Å²) in [4.78, 5) is 28.5. The first-order chi connectivity index (χ1) is 11.1. The molecule has 1 fully saturated rings. The van der Waals surface area contributed by atoms with Gasteiger partial charge in [-0.1, -0.05) is 18.2 Å². The normalized spacial score (nSPS) is 18.0. The largest absolute Gasteiger partial charge is 0.480 e. The minimum atomic E-state index is -0.869. The van der Waals surface area contributed by atoms with Gasteiger partial charge in [0.05, 0.1) is 13.0 Å². The Balaban J connectivity index is 1.83. The van der Waals surface area contributed by atoms with Crippen LogP contribution in [0.2, 0.25) is 0 Å². The number of aliphatic carboxylic acids is 1. The number of piperidine rings is 1. The van der Waals surface area contributed by atoms with Gasteiger partial charge in [-0.2, -0.15) is 0 Å². The smallest absolute Gasteiger partial charge is 0.325 e. The fraction of sp³-hybridized carbons (Fsp3) is 0.412. The van der Waals surface area contributed by atoms with E-state index < -0.39 is 12.0 Å². The number of nitrogens with one attached hydrogen (secondary N) is 1. The Morgan fingerprint density at radius 1 is 1.30 bits per heavy atom. The van der Waals surface area contributed by atoms with E-state index in [9.17, 15) is 14.7 Å². The van der Waals surface area contributed by atoms with Crippen molar-refractivity contribution < 1.29 is 19.4 Å². The lowest BCUT2D eigenvalue weighted by Gasteiger charge is -2.34. The van der Waals surface area contributed by atoms with Gasteiger partial charge in [0.2, 0.25) is 0 Å². The van der Waals surface area contributed by atoms with Crippen LogP contribution in [0.4, 0.5) is 0 Å². The lowest BCUT2D eigenvalue weighted by molar-refractivity contribution is -0.148. The fourth-order valence-corrected chi connectivity index (χ4v) is 3.37. The highest BCUT2D eigenvalue weighted by Crippen LogP contribution is 2.32. The predicted molar refractivity (Wildman–Crippen MR) is 85.0 cm³/mol. The van der Waals surface area contributed by atoms with E-state index >= 15 is 0 Å². The molecule has 1 aromatic heterocycles. The zero-order chi connectivity index (χ0) is 16.4. The molecule has 6 heteroatoms. The maximum Gasteiger partial charge on any atom is 0.325 e. The molecule has 0 radical (unpaired) electrons. The standard InChI is InChI=1S/C17H20N2O4/c1-23-17(22)11-6-8-19(9-7-11)15(16(20)21)13-10-18-14-5-3-2-4-12(13)14/h2-5,10-11,15,18H,6-9H2,1H3,(H,20,21). The van der Waals surface area contributed by atoms with Crippen molar-refractivity contribution in [3.8, 4) is 0 Å². The van der Waals surface area contributed by atoms with E-state index in [-0.39, 0.29) is 11.9 Å². The molecule has 1 aliphatic heterocycles. The molecule has 0 spiro atoms. The van der Waals surface area contributed by atoms with Crippen molar-refractivity contribution in [1.82, 2.24) is 9.88 Å². The molecule has 1 unspecified atom stereocenters. The molecule has 0 bridgehead atoms. The number of ether oxygens (including phenoxy) is 1. The van der Waals surface area contributed by atoms with Gasteiger partial charge in [0, 0.05) is 35.8 Å². The lowest BCUT2D eigenvalue weighted by atomic mass is 9.94. The van der Waals surface area contributed by atoms with E-state index in [4.69, 9.17) is 4.74 Å². The minimum Gasteiger partial charge on any atom is -0.480 e. The Morgan fingerprint density at radius 3 is 2.65 bits per heavy atom. The number of benzene rings is 1. The summed E-state index contributed by atoms with van der Waals surface area (Å²) in [6.07, 6.45) is 3.02. The number of carbonyl (C=O) groups excluding carboxylic acids is 1. The number of nitrogens with zero attached hydrogens (tertiary/aromatic N) is 1. The molecule has 122 valence electrons. The SMILES string of the molecule is COC(=O)C1CCN(C(C(=O)O)c2c[nH]c3ccccc23)CC1. The van der Waals surface area contributed by atoms with Crippen LogP contribution < -0.4 is 0 Å². The van der Waals surface area contributed by atoms with Crippen molar-refractivity contribution in [3.05, 3.63) is 36.0 Å². The highest BCUT2D eigenvalue weighted by atomic mass is 16.5. The summed E-state index contributed by atoms with van der Waals surface area (Å²) < 4.78 is 4.78. The first-order valence-corrected chi connectivity index (χ1v) is 7.72. The number of carboxylic acid groups (broad SMARTS) is 1. The molecule has 2 N–H and O–H groups in total. The van der Waals surface area contributed by atoms with Gasteiger partial charge in [0.15, 0.2) is 0 Å². The molecule has 1 atom stereocenters. The number of aromatic nitrogens is 1. The van der Waals surface area contributed by atoms with Gasteiger partial charge in [-0.25, -0.2) is 0 Å². The highest BCUT2D eigenvalue weighted by Gasteiger charge is 2.34. The number of hydrogen-bond acceptors (Lipinski definition) is 4. The van der Waals surface area contributed by atoms with Crippen LogP contribution in [0.15, 0.2) is 30.5 Å². The monoisotopic (exact) mass is 316 g/mol. The summed E-state index contributed by atoms with van der Waals surface area (Å²) >= 11 is 0. The van der Waals surface area contributed by atoms with Gasteiger partial charge < -0.3 is 14.8 Å². The first kappa shape index (κ1) is 15.6. The average Bonchev–Trinajstić information content (AvgIpc) is 2.99. The van der Waals surface area contributed by atoms with Crippen LogP contribution in [-0.4, -0.2) is 47.1 Å². The number of hydrogen-bond donors (Lipinski definition) is 2. The van der Waals surface area contributed by atoms with Crippen LogP contribution in [0, 0.1) is 5.92 Å². The van der Waals surface area contributed by atoms with Crippen LogP contribution in [0.3, 0.4) is 0 Å². The number of likely N-dealkylation sites (tertiary alicyclic amines) is 1. The van der Waals surface area contributed by atoms with E-state index in [2.05, 4.69) is 4.98 Å². The molecular formula is C17H20N2O4. The number of aromatic amines is 1. The van der Waals surface area contributed by atoms with Gasteiger partial charge in [-0.05, 0) is 18.9 Å². The van der Waals surface area contributed by atoms with Gasteiger partial charge in [0.1, 0.15) is 6.04 Å².